The molecule has 6 nitrogen and oxygen atoms in total. The molecule has 1 aliphatic heterocycles. The van der Waals surface area contributed by atoms with Gasteiger partial charge in [-0.15, -0.1) is 0 Å². The molecule has 0 radical (unpaired) electrons. The lowest BCUT2D eigenvalue weighted by atomic mass is 10.2. The average Bonchev–Trinajstić information content (AvgIpc) is 2.72. The number of pyridine rings is 1. The number of nitrogens with one attached hydrogen (secondary N) is 1. The number of carbonyl (C=O) groups is 1. The number of alkyl halides is 3. The minimum absolute atomic E-state index is 0.104. The first-order valence-corrected chi connectivity index (χ1v) is 9.34. The molecule has 2 heterocycles. The monoisotopic (exact) mass is 408 g/mol. The van der Waals surface area contributed by atoms with E-state index in [1.54, 1.807) is 23.4 Å². The number of urea groups is 1. The second-order valence-corrected chi connectivity index (χ2v) is 6.75. The Bertz CT molecular complexity index is 796. The van der Waals surface area contributed by atoms with Gasteiger partial charge in [-0.3, -0.25) is 9.88 Å². The van der Waals surface area contributed by atoms with E-state index in [0.29, 0.717) is 32.8 Å². The summed E-state index contributed by atoms with van der Waals surface area (Å²) >= 11 is 0. The van der Waals surface area contributed by atoms with Crippen molar-refractivity contribution in [3.63, 3.8) is 0 Å². The van der Waals surface area contributed by atoms with Crippen molar-refractivity contribution in [3.8, 4) is 0 Å². The Morgan fingerprint density at radius 1 is 1.21 bits per heavy atom. The Morgan fingerprint density at radius 2 is 2.00 bits per heavy atom. The summed E-state index contributed by atoms with van der Waals surface area (Å²) in [5.41, 5.74) is 0.142. The zero-order valence-corrected chi connectivity index (χ0v) is 15.9. The number of amides is 2. The molecule has 1 aromatic carbocycles. The predicted octanol–water partition coefficient (Wildman–Crippen LogP) is 3.47. The van der Waals surface area contributed by atoms with Crippen molar-refractivity contribution in [3.05, 3.63) is 59.9 Å². The topological polar surface area (TPSA) is 57.7 Å². The zero-order chi connectivity index (χ0) is 20.7. The lowest BCUT2D eigenvalue weighted by Gasteiger charge is -2.30. The number of aromatic nitrogens is 1. The maximum Gasteiger partial charge on any atom is 0.416 e. The molecule has 29 heavy (non-hydrogen) atoms. The summed E-state index contributed by atoms with van der Waals surface area (Å²) in [4.78, 5) is 20.6. The number of ether oxygens (including phenoxy) is 1. The standard InChI is InChI=1S/C20H23F3N4O2/c21-20(22,23)17-4-1-5-18(13-17)25-19(28)27(15-16-3-2-6-24-14-16)8-7-26-9-11-29-12-10-26/h1-6,13-14H,7-12,15H2,(H,25,28). The predicted molar refractivity (Wildman–Crippen MR) is 102 cm³/mol. The Labute approximate surface area is 167 Å². The van der Waals surface area contributed by atoms with E-state index in [4.69, 9.17) is 4.74 Å². The molecule has 0 atom stereocenters. The van der Waals surface area contributed by atoms with E-state index >= 15 is 0 Å². The Hall–Kier alpha value is -2.65. The van der Waals surface area contributed by atoms with Crippen molar-refractivity contribution in [1.82, 2.24) is 14.8 Å². The van der Waals surface area contributed by atoms with Gasteiger partial charge >= 0.3 is 12.2 Å². The number of hydrogen-bond acceptors (Lipinski definition) is 4. The second kappa shape index (κ2) is 9.71. The quantitative estimate of drug-likeness (QED) is 0.795. The number of nitrogens with zero attached hydrogens (tertiary/aromatic N) is 3. The van der Waals surface area contributed by atoms with Crippen LogP contribution in [-0.4, -0.2) is 60.2 Å². The Morgan fingerprint density at radius 3 is 2.69 bits per heavy atom. The fourth-order valence-electron chi connectivity index (χ4n) is 3.03. The zero-order valence-electron chi connectivity index (χ0n) is 15.9. The van der Waals surface area contributed by atoms with E-state index in [1.165, 1.54) is 12.1 Å². The van der Waals surface area contributed by atoms with Crippen molar-refractivity contribution >= 4 is 11.7 Å². The number of morpholine rings is 1. The third-order valence-electron chi connectivity index (χ3n) is 4.61. The van der Waals surface area contributed by atoms with Gasteiger partial charge in [-0.25, -0.2) is 4.79 Å². The number of rotatable bonds is 6. The first-order chi connectivity index (χ1) is 13.9. The van der Waals surface area contributed by atoms with Crippen LogP contribution in [0.5, 0.6) is 0 Å². The molecule has 1 saturated heterocycles. The van der Waals surface area contributed by atoms with Crippen molar-refractivity contribution in [2.24, 2.45) is 0 Å². The van der Waals surface area contributed by atoms with E-state index in [9.17, 15) is 18.0 Å². The molecule has 1 fully saturated rings. The van der Waals surface area contributed by atoms with E-state index in [-0.39, 0.29) is 5.69 Å². The minimum Gasteiger partial charge on any atom is -0.379 e. The van der Waals surface area contributed by atoms with Crippen molar-refractivity contribution in [2.75, 3.05) is 44.7 Å². The normalized spacial score (nSPS) is 15.1. The summed E-state index contributed by atoms with van der Waals surface area (Å²) < 4.78 is 44.1. The van der Waals surface area contributed by atoms with Gasteiger partial charge in [-0.2, -0.15) is 13.2 Å². The molecule has 0 spiro atoms. The molecule has 1 N–H and O–H groups in total. The lowest BCUT2D eigenvalue weighted by molar-refractivity contribution is -0.137. The van der Waals surface area contributed by atoms with Gasteiger partial charge < -0.3 is 15.0 Å². The molecule has 9 heteroatoms. The summed E-state index contributed by atoms with van der Waals surface area (Å²) in [6, 6.07) is 7.80. The number of halogens is 3. The molecule has 156 valence electrons. The third-order valence-corrected chi connectivity index (χ3v) is 4.61. The van der Waals surface area contributed by atoms with Gasteiger partial charge in [0.25, 0.3) is 0 Å². The number of benzene rings is 1. The number of carbonyl (C=O) groups excluding carboxylic acids is 1. The maximum atomic E-state index is 12.9. The van der Waals surface area contributed by atoms with E-state index in [1.807, 2.05) is 6.07 Å². The van der Waals surface area contributed by atoms with Crippen molar-refractivity contribution in [2.45, 2.75) is 12.7 Å². The summed E-state index contributed by atoms with van der Waals surface area (Å²) in [5, 5.41) is 2.59. The van der Waals surface area contributed by atoms with Gasteiger partial charge in [0.2, 0.25) is 0 Å². The van der Waals surface area contributed by atoms with Crippen LogP contribution in [0.15, 0.2) is 48.8 Å². The SMILES string of the molecule is O=C(Nc1cccc(C(F)(F)F)c1)N(CCN1CCOCC1)Cc1cccnc1. The van der Waals surface area contributed by atoms with Crippen LogP contribution in [0.2, 0.25) is 0 Å². The summed E-state index contributed by atoms with van der Waals surface area (Å²) in [5.74, 6) is 0. The summed E-state index contributed by atoms with van der Waals surface area (Å²) in [7, 11) is 0. The highest BCUT2D eigenvalue weighted by Gasteiger charge is 2.30. The largest absolute Gasteiger partial charge is 0.416 e. The van der Waals surface area contributed by atoms with Crippen LogP contribution < -0.4 is 5.32 Å². The highest BCUT2D eigenvalue weighted by molar-refractivity contribution is 5.89. The molecule has 0 aliphatic carbocycles. The molecule has 3 rings (SSSR count). The van der Waals surface area contributed by atoms with Gasteiger partial charge in [-0.1, -0.05) is 12.1 Å². The average molecular weight is 408 g/mol. The first-order valence-electron chi connectivity index (χ1n) is 9.34. The minimum atomic E-state index is -4.47. The molecule has 0 unspecified atom stereocenters. The van der Waals surface area contributed by atoms with Crippen LogP contribution in [0.1, 0.15) is 11.1 Å². The van der Waals surface area contributed by atoms with Gasteiger partial charge in [0.15, 0.2) is 0 Å². The Balaban J connectivity index is 1.69. The molecule has 2 amide bonds. The van der Waals surface area contributed by atoms with Crippen LogP contribution >= 0.6 is 0 Å². The van der Waals surface area contributed by atoms with Gasteiger partial charge in [0.05, 0.1) is 18.8 Å². The van der Waals surface area contributed by atoms with E-state index in [0.717, 1.165) is 30.8 Å². The van der Waals surface area contributed by atoms with E-state index < -0.39 is 17.8 Å². The van der Waals surface area contributed by atoms with Crippen molar-refractivity contribution < 1.29 is 22.7 Å². The fourth-order valence-corrected chi connectivity index (χ4v) is 3.03. The molecule has 1 aliphatic rings. The van der Waals surface area contributed by atoms with Crippen LogP contribution in [0, 0.1) is 0 Å². The van der Waals surface area contributed by atoms with Gasteiger partial charge in [-0.05, 0) is 29.8 Å². The smallest absolute Gasteiger partial charge is 0.379 e. The molecule has 1 aromatic heterocycles. The van der Waals surface area contributed by atoms with E-state index in [2.05, 4.69) is 15.2 Å². The third kappa shape index (κ3) is 6.43. The van der Waals surface area contributed by atoms with Gasteiger partial charge in [0, 0.05) is 50.8 Å². The molecule has 0 bridgehead atoms. The fraction of sp³-hybridized carbons (Fsp3) is 0.400. The molecular weight excluding hydrogens is 385 g/mol. The van der Waals surface area contributed by atoms with Crippen molar-refractivity contribution in [1.29, 1.82) is 0 Å². The highest BCUT2D eigenvalue weighted by Crippen LogP contribution is 2.30. The first kappa shape index (κ1) is 21.1. The second-order valence-electron chi connectivity index (χ2n) is 6.75. The Kier molecular flexibility index (Phi) is 7.05. The van der Waals surface area contributed by atoms with Gasteiger partial charge in [0.1, 0.15) is 0 Å². The molecular formula is C20H23F3N4O2. The maximum absolute atomic E-state index is 12.9. The molecule has 0 saturated carbocycles. The highest BCUT2D eigenvalue weighted by atomic mass is 19.4. The number of hydrogen-bond donors (Lipinski definition) is 1. The number of anilines is 1. The summed E-state index contributed by atoms with van der Waals surface area (Å²) in [6.07, 6.45) is -1.16. The molecule has 2 aromatic rings. The van der Waals surface area contributed by atoms with Crippen LogP contribution in [0.3, 0.4) is 0 Å². The van der Waals surface area contributed by atoms with Crippen LogP contribution in [-0.2, 0) is 17.5 Å². The lowest BCUT2D eigenvalue weighted by Crippen LogP contribution is -2.44. The summed E-state index contributed by atoms with van der Waals surface area (Å²) in [6.45, 7) is 4.27. The van der Waals surface area contributed by atoms with Crippen LogP contribution in [0.25, 0.3) is 0 Å². The van der Waals surface area contributed by atoms with Crippen LogP contribution in [0.4, 0.5) is 23.7 Å².